The Labute approximate surface area is 96.6 Å². The number of benzene rings is 1. The summed E-state index contributed by atoms with van der Waals surface area (Å²) in [5, 5.41) is 0. The van der Waals surface area contributed by atoms with Crippen molar-refractivity contribution < 1.29 is 9.13 Å². The van der Waals surface area contributed by atoms with E-state index in [9.17, 15) is 4.39 Å². The van der Waals surface area contributed by atoms with E-state index >= 15 is 0 Å². The summed E-state index contributed by atoms with van der Waals surface area (Å²) in [4.78, 5) is 0. The van der Waals surface area contributed by atoms with Crippen LogP contribution in [0.5, 0.6) is 0 Å². The molecule has 0 fully saturated rings. The number of hydrogen-bond acceptors (Lipinski definition) is 2. The highest BCUT2D eigenvalue weighted by atomic mass is 19.1. The molecule has 0 heterocycles. The monoisotopic (exact) mass is 225 g/mol. The molecule has 2 N–H and O–H groups in total. The molecule has 2 nitrogen and oxygen atoms in total. The van der Waals surface area contributed by atoms with Gasteiger partial charge in [-0.2, -0.15) is 0 Å². The first kappa shape index (κ1) is 13.1. The molecule has 0 radical (unpaired) electrons. The molecule has 0 aliphatic heterocycles. The van der Waals surface area contributed by atoms with Gasteiger partial charge in [-0.15, -0.1) is 0 Å². The van der Waals surface area contributed by atoms with Crippen molar-refractivity contribution in [1.82, 2.24) is 0 Å². The van der Waals surface area contributed by atoms with Crippen molar-refractivity contribution in [1.29, 1.82) is 0 Å². The van der Waals surface area contributed by atoms with E-state index in [1.165, 1.54) is 12.1 Å². The maximum Gasteiger partial charge on any atom is 0.123 e. The van der Waals surface area contributed by atoms with Gasteiger partial charge in [0.1, 0.15) is 5.82 Å². The van der Waals surface area contributed by atoms with Crippen LogP contribution in [-0.2, 0) is 4.74 Å². The Morgan fingerprint density at radius 1 is 1.44 bits per heavy atom. The third-order valence-corrected chi connectivity index (χ3v) is 2.99. The van der Waals surface area contributed by atoms with Gasteiger partial charge in [-0.1, -0.05) is 13.0 Å². The summed E-state index contributed by atoms with van der Waals surface area (Å²) in [6, 6.07) is 4.63. The predicted octanol–water partition coefficient (Wildman–Crippen LogP) is 2.81. The molecule has 0 bridgehead atoms. The molecule has 1 aromatic rings. The third-order valence-electron chi connectivity index (χ3n) is 2.99. The van der Waals surface area contributed by atoms with Gasteiger partial charge in [-0.05, 0) is 42.5 Å². The fourth-order valence-electron chi connectivity index (χ4n) is 1.76. The van der Waals surface area contributed by atoms with Gasteiger partial charge in [0.2, 0.25) is 0 Å². The molecule has 0 spiro atoms. The Morgan fingerprint density at radius 2 is 2.12 bits per heavy atom. The van der Waals surface area contributed by atoms with E-state index in [0.29, 0.717) is 6.61 Å². The molecule has 3 heteroatoms. The fourth-order valence-corrected chi connectivity index (χ4v) is 1.76. The molecule has 0 aliphatic carbocycles. The summed E-state index contributed by atoms with van der Waals surface area (Å²) >= 11 is 0. The van der Waals surface area contributed by atoms with Gasteiger partial charge >= 0.3 is 0 Å². The first-order chi connectivity index (χ1) is 7.56. The molecule has 0 aromatic heterocycles. The zero-order valence-electron chi connectivity index (χ0n) is 10.2. The van der Waals surface area contributed by atoms with Crippen LogP contribution >= 0.6 is 0 Å². The molecule has 1 rings (SSSR count). The number of ether oxygens (including phenoxy) is 1. The highest BCUT2D eigenvalue weighted by Gasteiger charge is 2.17. The second kappa shape index (κ2) is 5.97. The van der Waals surface area contributed by atoms with E-state index in [1.807, 2.05) is 6.92 Å². The van der Waals surface area contributed by atoms with Crippen molar-refractivity contribution in [3.8, 4) is 0 Å². The quantitative estimate of drug-likeness (QED) is 0.836. The summed E-state index contributed by atoms with van der Waals surface area (Å²) in [5.41, 5.74) is 8.06. The van der Waals surface area contributed by atoms with Crippen LogP contribution in [-0.4, -0.2) is 13.7 Å². The SMILES string of the molecule is COCCC(C)C(N)c1cc(F)ccc1C. The summed E-state index contributed by atoms with van der Waals surface area (Å²) < 4.78 is 18.2. The molecular weight excluding hydrogens is 205 g/mol. The Bertz CT molecular complexity index is 341. The lowest BCUT2D eigenvalue weighted by Gasteiger charge is -2.21. The average Bonchev–Trinajstić information content (AvgIpc) is 2.28. The minimum Gasteiger partial charge on any atom is -0.385 e. The van der Waals surface area contributed by atoms with E-state index in [1.54, 1.807) is 13.2 Å². The van der Waals surface area contributed by atoms with Crippen molar-refractivity contribution in [2.75, 3.05) is 13.7 Å². The van der Waals surface area contributed by atoms with Gasteiger partial charge in [0.25, 0.3) is 0 Å². The Balaban J connectivity index is 2.78. The molecule has 2 atom stereocenters. The maximum absolute atomic E-state index is 13.1. The first-order valence-corrected chi connectivity index (χ1v) is 5.56. The molecule has 0 amide bonds. The molecule has 16 heavy (non-hydrogen) atoms. The largest absolute Gasteiger partial charge is 0.385 e. The lowest BCUT2D eigenvalue weighted by Crippen LogP contribution is -2.21. The first-order valence-electron chi connectivity index (χ1n) is 5.56. The van der Waals surface area contributed by atoms with E-state index < -0.39 is 0 Å². The van der Waals surface area contributed by atoms with Crippen molar-refractivity contribution >= 4 is 0 Å². The number of halogens is 1. The second-order valence-electron chi connectivity index (χ2n) is 4.29. The fraction of sp³-hybridized carbons (Fsp3) is 0.538. The van der Waals surface area contributed by atoms with Crippen LogP contribution in [0.15, 0.2) is 18.2 Å². The van der Waals surface area contributed by atoms with E-state index in [-0.39, 0.29) is 17.8 Å². The molecular formula is C13H20FNO. The maximum atomic E-state index is 13.1. The van der Waals surface area contributed by atoms with Crippen LogP contribution in [0, 0.1) is 18.7 Å². The highest BCUT2D eigenvalue weighted by molar-refractivity contribution is 5.29. The smallest absolute Gasteiger partial charge is 0.123 e. The zero-order valence-corrected chi connectivity index (χ0v) is 10.2. The van der Waals surface area contributed by atoms with Gasteiger partial charge in [-0.3, -0.25) is 0 Å². The predicted molar refractivity (Wildman–Crippen MR) is 63.7 cm³/mol. The molecule has 90 valence electrons. The number of methoxy groups -OCH3 is 1. The lowest BCUT2D eigenvalue weighted by atomic mass is 9.90. The van der Waals surface area contributed by atoms with Crippen LogP contribution in [0.1, 0.15) is 30.5 Å². The van der Waals surface area contributed by atoms with Crippen molar-refractivity contribution in [2.24, 2.45) is 11.7 Å². The normalized spacial score (nSPS) is 14.8. The number of aryl methyl sites for hydroxylation is 1. The summed E-state index contributed by atoms with van der Waals surface area (Å²) in [6.45, 7) is 4.70. The molecule has 2 unspecified atom stereocenters. The van der Waals surface area contributed by atoms with Gasteiger partial charge < -0.3 is 10.5 Å². The topological polar surface area (TPSA) is 35.2 Å². The molecule has 0 aliphatic rings. The standard InChI is InChI=1S/C13H20FNO/c1-9-4-5-11(14)8-12(9)13(15)10(2)6-7-16-3/h4-5,8,10,13H,6-7,15H2,1-3H3. The Hall–Kier alpha value is -0.930. The third kappa shape index (κ3) is 3.29. The van der Waals surface area contributed by atoms with Crippen molar-refractivity contribution in [3.63, 3.8) is 0 Å². The summed E-state index contributed by atoms with van der Waals surface area (Å²) in [6.07, 6.45) is 0.883. The van der Waals surface area contributed by atoms with Crippen LogP contribution in [0.2, 0.25) is 0 Å². The summed E-state index contributed by atoms with van der Waals surface area (Å²) in [5.74, 6) is 0.0513. The van der Waals surface area contributed by atoms with Crippen molar-refractivity contribution in [3.05, 3.63) is 35.1 Å². The van der Waals surface area contributed by atoms with Crippen LogP contribution in [0.25, 0.3) is 0 Å². The second-order valence-corrected chi connectivity index (χ2v) is 4.29. The van der Waals surface area contributed by atoms with Crippen molar-refractivity contribution in [2.45, 2.75) is 26.3 Å². The van der Waals surface area contributed by atoms with Crippen LogP contribution in [0.3, 0.4) is 0 Å². The average molecular weight is 225 g/mol. The van der Waals surface area contributed by atoms with Gasteiger partial charge in [0.15, 0.2) is 0 Å². The number of rotatable bonds is 5. The molecule has 0 saturated carbocycles. The van der Waals surface area contributed by atoms with Gasteiger partial charge in [0, 0.05) is 19.8 Å². The van der Waals surface area contributed by atoms with Crippen LogP contribution < -0.4 is 5.73 Å². The lowest BCUT2D eigenvalue weighted by molar-refractivity contribution is 0.174. The van der Waals surface area contributed by atoms with Gasteiger partial charge in [0.05, 0.1) is 0 Å². The van der Waals surface area contributed by atoms with E-state index in [4.69, 9.17) is 10.5 Å². The van der Waals surface area contributed by atoms with Crippen LogP contribution in [0.4, 0.5) is 4.39 Å². The van der Waals surface area contributed by atoms with E-state index in [2.05, 4.69) is 6.92 Å². The Kier molecular flexibility index (Phi) is 4.90. The zero-order chi connectivity index (χ0) is 12.1. The van der Waals surface area contributed by atoms with E-state index in [0.717, 1.165) is 17.5 Å². The number of nitrogens with two attached hydrogens (primary N) is 1. The Morgan fingerprint density at radius 3 is 2.75 bits per heavy atom. The summed E-state index contributed by atoms with van der Waals surface area (Å²) in [7, 11) is 1.67. The minimum absolute atomic E-state index is 0.133. The van der Waals surface area contributed by atoms with Gasteiger partial charge in [-0.25, -0.2) is 4.39 Å². The number of hydrogen-bond donors (Lipinski definition) is 1. The molecule has 0 saturated heterocycles. The highest BCUT2D eigenvalue weighted by Crippen LogP contribution is 2.25. The minimum atomic E-state index is -0.227. The molecule has 1 aromatic carbocycles.